The van der Waals surface area contributed by atoms with Crippen molar-refractivity contribution in [2.45, 2.75) is 24.9 Å². The number of guanidine groups is 1. The lowest BCUT2D eigenvalue weighted by Gasteiger charge is -2.36. The highest BCUT2D eigenvalue weighted by Gasteiger charge is 2.32. The van der Waals surface area contributed by atoms with Gasteiger partial charge in [0.1, 0.15) is 0 Å². The van der Waals surface area contributed by atoms with Gasteiger partial charge in [-0.25, -0.2) is 0 Å². The van der Waals surface area contributed by atoms with Crippen LogP contribution in [0.15, 0.2) is 29.3 Å². The summed E-state index contributed by atoms with van der Waals surface area (Å²) >= 11 is 6.00. The van der Waals surface area contributed by atoms with Crippen LogP contribution >= 0.6 is 11.6 Å². The summed E-state index contributed by atoms with van der Waals surface area (Å²) in [5.74, 6) is 0.787. The summed E-state index contributed by atoms with van der Waals surface area (Å²) in [7, 11) is 3.54. The fourth-order valence-corrected chi connectivity index (χ4v) is 2.89. The van der Waals surface area contributed by atoms with Gasteiger partial charge in [0, 0.05) is 58.3 Å². The summed E-state index contributed by atoms with van der Waals surface area (Å²) in [6.07, 6.45) is 2.69. The second kappa shape index (κ2) is 9.11. The van der Waals surface area contributed by atoms with Gasteiger partial charge in [-0.1, -0.05) is 23.7 Å². The minimum atomic E-state index is -0.164. The maximum Gasteiger partial charge on any atom is 0.191 e. The summed E-state index contributed by atoms with van der Waals surface area (Å²) in [5.41, 5.74) is 1.04. The third-order valence-corrected chi connectivity index (χ3v) is 4.47. The van der Waals surface area contributed by atoms with Gasteiger partial charge in [-0.2, -0.15) is 0 Å². The maximum absolute atomic E-state index is 6.00. The molecule has 0 radical (unpaired) electrons. The fourth-order valence-electron chi connectivity index (χ4n) is 2.68. The number of hydrogen-bond acceptors (Lipinski definition) is 3. The van der Waals surface area contributed by atoms with Crippen LogP contribution in [0.4, 0.5) is 0 Å². The first-order chi connectivity index (χ1) is 11.2. The quantitative estimate of drug-likeness (QED) is 0.616. The summed E-state index contributed by atoms with van der Waals surface area (Å²) in [6, 6.07) is 7.92. The van der Waals surface area contributed by atoms with Crippen molar-refractivity contribution in [1.29, 1.82) is 0 Å². The van der Waals surface area contributed by atoms with Gasteiger partial charge < -0.3 is 20.1 Å². The molecule has 0 aliphatic carbocycles. The molecule has 6 heteroatoms. The molecule has 5 nitrogen and oxygen atoms in total. The number of nitrogens with zero attached hydrogens (tertiary/aromatic N) is 1. The minimum Gasteiger partial charge on any atom is -0.381 e. The highest BCUT2D eigenvalue weighted by atomic mass is 35.5. The topological polar surface area (TPSA) is 54.9 Å². The molecule has 1 heterocycles. The largest absolute Gasteiger partial charge is 0.381 e. The minimum absolute atomic E-state index is 0.164. The Bertz CT molecular complexity index is 516. The van der Waals surface area contributed by atoms with Crippen molar-refractivity contribution in [3.05, 3.63) is 34.9 Å². The fraction of sp³-hybridized carbons (Fsp3) is 0.588. The Morgan fingerprint density at radius 2 is 2.13 bits per heavy atom. The zero-order valence-corrected chi connectivity index (χ0v) is 14.7. The van der Waals surface area contributed by atoms with Crippen LogP contribution in [0.5, 0.6) is 0 Å². The van der Waals surface area contributed by atoms with E-state index in [4.69, 9.17) is 21.1 Å². The molecule has 0 amide bonds. The standard InChI is InChI=1S/C17H26ClN3O2/c1-19-16(20-9-6-14-4-3-5-15(18)12-14)21-13-17(22-2)7-10-23-11-8-17/h3-5,12H,6-11,13H2,1-2H3,(H2,19,20,21). The predicted octanol–water partition coefficient (Wildman–Crippen LogP) is 2.24. The van der Waals surface area contributed by atoms with E-state index < -0.39 is 0 Å². The molecule has 0 spiro atoms. The molecule has 23 heavy (non-hydrogen) atoms. The van der Waals surface area contributed by atoms with E-state index in [9.17, 15) is 0 Å². The Balaban J connectivity index is 1.77. The van der Waals surface area contributed by atoms with E-state index in [1.807, 2.05) is 18.2 Å². The van der Waals surface area contributed by atoms with E-state index in [0.29, 0.717) is 0 Å². The average Bonchev–Trinajstić information content (AvgIpc) is 2.59. The highest BCUT2D eigenvalue weighted by Crippen LogP contribution is 2.23. The normalized spacial score (nSPS) is 17.8. The molecule has 1 aliphatic rings. The number of aliphatic imine (C=N–C) groups is 1. The summed E-state index contributed by atoms with van der Waals surface area (Å²) < 4.78 is 11.1. The van der Waals surface area contributed by atoms with Gasteiger partial charge in [-0.15, -0.1) is 0 Å². The highest BCUT2D eigenvalue weighted by molar-refractivity contribution is 6.30. The number of ether oxygens (including phenoxy) is 2. The molecule has 1 saturated heterocycles. The summed E-state index contributed by atoms with van der Waals surface area (Å²) in [4.78, 5) is 4.27. The average molecular weight is 340 g/mol. The van der Waals surface area contributed by atoms with E-state index in [0.717, 1.165) is 56.5 Å². The monoisotopic (exact) mass is 339 g/mol. The maximum atomic E-state index is 6.00. The molecular weight excluding hydrogens is 314 g/mol. The van der Waals surface area contributed by atoms with Crippen LogP contribution in [0.2, 0.25) is 5.02 Å². The van der Waals surface area contributed by atoms with E-state index in [-0.39, 0.29) is 5.60 Å². The van der Waals surface area contributed by atoms with E-state index in [1.54, 1.807) is 14.2 Å². The number of hydrogen-bond donors (Lipinski definition) is 2. The Labute approximate surface area is 143 Å². The van der Waals surface area contributed by atoms with E-state index >= 15 is 0 Å². The van der Waals surface area contributed by atoms with Gasteiger partial charge in [0.15, 0.2) is 5.96 Å². The summed E-state index contributed by atoms with van der Waals surface area (Å²) in [5, 5.41) is 7.46. The van der Waals surface area contributed by atoms with Crippen molar-refractivity contribution in [2.24, 2.45) is 4.99 Å². The van der Waals surface area contributed by atoms with Gasteiger partial charge in [-0.3, -0.25) is 4.99 Å². The van der Waals surface area contributed by atoms with Gasteiger partial charge in [0.25, 0.3) is 0 Å². The molecule has 2 rings (SSSR count). The van der Waals surface area contributed by atoms with Gasteiger partial charge >= 0.3 is 0 Å². The zero-order valence-electron chi connectivity index (χ0n) is 13.9. The van der Waals surface area contributed by atoms with Crippen molar-refractivity contribution in [3.63, 3.8) is 0 Å². The molecule has 128 valence electrons. The molecule has 0 saturated carbocycles. The molecule has 2 N–H and O–H groups in total. The Hall–Kier alpha value is -1.30. The second-order valence-electron chi connectivity index (χ2n) is 5.73. The van der Waals surface area contributed by atoms with Crippen molar-refractivity contribution in [2.75, 3.05) is 40.5 Å². The number of rotatable bonds is 6. The SMILES string of the molecule is CN=C(NCCc1cccc(Cl)c1)NCC1(OC)CCOCC1. The smallest absolute Gasteiger partial charge is 0.191 e. The molecule has 0 atom stereocenters. The Morgan fingerprint density at radius 3 is 2.78 bits per heavy atom. The molecule has 1 aromatic carbocycles. The first-order valence-corrected chi connectivity index (χ1v) is 8.37. The van der Waals surface area contributed by atoms with Gasteiger partial charge in [0.2, 0.25) is 0 Å². The molecule has 1 aromatic rings. The molecular formula is C17H26ClN3O2. The Kier molecular flexibility index (Phi) is 7.15. The van der Waals surface area contributed by atoms with Crippen LogP contribution < -0.4 is 10.6 Å². The third kappa shape index (κ3) is 5.68. The third-order valence-electron chi connectivity index (χ3n) is 4.23. The van der Waals surface area contributed by atoms with Crippen molar-refractivity contribution in [3.8, 4) is 0 Å². The lowest BCUT2D eigenvalue weighted by atomic mass is 9.94. The second-order valence-corrected chi connectivity index (χ2v) is 6.17. The van der Waals surface area contributed by atoms with E-state index in [1.165, 1.54) is 5.56 Å². The first kappa shape index (κ1) is 18.0. The number of nitrogens with one attached hydrogen (secondary N) is 2. The molecule has 0 unspecified atom stereocenters. The predicted molar refractivity (Wildman–Crippen MR) is 94.3 cm³/mol. The van der Waals surface area contributed by atoms with Crippen molar-refractivity contribution in [1.82, 2.24) is 10.6 Å². The van der Waals surface area contributed by atoms with Crippen LogP contribution in [-0.2, 0) is 15.9 Å². The van der Waals surface area contributed by atoms with Gasteiger partial charge in [0.05, 0.1) is 5.60 Å². The zero-order chi connectivity index (χ0) is 16.5. The van der Waals surface area contributed by atoms with Crippen LogP contribution in [0.1, 0.15) is 18.4 Å². The Morgan fingerprint density at radius 1 is 1.35 bits per heavy atom. The van der Waals surface area contributed by atoms with Crippen LogP contribution in [0.3, 0.4) is 0 Å². The van der Waals surface area contributed by atoms with Gasteiger partial charge in [-0.05, 0) is 24.1 Å². The van der Waals surface area contributed by atoms with Crippen LogP contribution in [0, 0.1) is 0 Å². The van der Waals surface area contributed by atoms with Crippen LogP contribution in [0.25, 0.3) is 0 Å². The first-order valence-electron chi connectivity index (χ1n) is 7.99. The number of halogens is 1. The number of benzene rings is 1. The van der Waals surface area contributed by atoms with Crippen LogP contribution in [-0.4, -0.2) is 52.0 Å². The van der Waals surface area contributed by atoms with Crippen molar-refractivity contribution >= 4 is 17.6 Å². The molecule has 1 aliphatic heterocycles. The lowest BCUT2D eigenvalue weighted by molar-refractivity contribution is -0.0855. The molecule has 0 aromatic heterocycles. The van der Waals surface area contributed by atoms with Crippen molar-refractivity contribution < 1.29 is 9.47 Å². The molecule has 0 bridgehead atoms. The summed E-state index contributed by atoms with van der Waals surface area (Å²) in [6.45, 7) is 3.01. The lowest BCUT2D eigenvalue weighted by Crippen LogP contribution is -2.51. The molecule has 1 fully saturated rings. The number of methoxy groups -OCH3 is 1. The van der Waals surface area contributed by atoms with E-state index in [2.05, 4.69) is 21.7 Å².